The SMILES string of the molecule is CC(=O)O[C@@H]1c2nc(C(C)C)c3c(c2C(O)CC1(C)C)C1(CCCC1)OC3c1ccc(C(C)(C)C)cc1. The third-order valence-electron chi connectivity index (χ3n) is 8.72. The predicted molar refractivity (Wildman–Crippen MR) is 144 cm³/mol. The Hall–Kier alpha value is -2.24. The molecule has 2 aromatic rings. The molecule has 2 unspecified atom stereocenters. The van der Waals surface area contributed by atoms with Gasteiger partial charge in [-0.3, -0.25) is 9.78 Å². The van der Waals surface area contributed by atoms with Crippen molar-refractivity contribution in [3.63, 3.8) is 0 Å². The summed E-state index contributed by atoms with van der Waals surface area (Å²) < 4.78 is 13.0. The molecule has 1 saturated carbocycles. The zero-order valence-electron chi connectivity index (χ0n) is 23.8. The van der Waals surface area contributed by atoms with E-state index in [1.54, 1.807) is 0 Å². The number of hydrogen-bond acceptors (Lipinski definition) is 5. The van der Waals surface area contributed by atoms with E-state index < -0.39 is 23.2 Å². The fourth-order valence-electron chi connectivity index (χ4n) is 6.89. The van der Waals surface area contributed by atoms with Gasteiger partial charge < -0.3 is 14.6 Å². The van der Waals surface area contributed by atoms with Gasteiger partial charge >= 0.3 is 5.97 Å². The van der Waals surface area contributed by atoms with Crippen LogP contribution in [0.1, 0.15) is 151 Å². The van der Waals surface area contributed by atoms with Crippen LogP contribution < -0.4 is 0 Å². The van der Waals surface area contributed by atoms with Crippen LogP contribution in [0.25, 0.3) is 0 Å². The predicted octanol–water partition coefficient (Wildman–Crippen LogP) is 7.46. The van der Waals surface area contributed by atoms with E-state index in [9.17, 15) is 9.90 Å². The first-order valence-electron chi connectivity index (χ1n) is 14.0. The molecule has 0 bridgehead atoms. The number of esters is 1. The van der Waals surface area contributed by atoms with Gasteiger partial charge in [-0.15, -0.1) is 0 Å². The zero-order valence-corrected chi connectivity index (χ0v) is 23.8. The second kappa shape index (κ2) is 8.91. The Morgan fingerprint density at radius 3 is 2.27 bits per heavy atom. The van der Waals surface area contributed by atoms with Crippen molar-refractivity contribution >= 4 is 5.97 Å². The fourth-order valence-corrected chi connectivity index (χ4v) is 6.89. The summed E-state index contributed by atoms with van der Waals surface area (Å²) in [6.45, 7) is 16.6. The number of fused-ring (bicyclic) bond motifs is 4. The minimum atomic E-state index is -0.678. The molecule has 1 N–H and O–H groups in total. The number of aromatic nitrogens is 1. The van der Waals surface area contributed by atoms with Crippen LogP contribution >= 0.6 is 0 Å². The van der Waals surface area contributed by atoms with Gasteiger partial charge in [0.25, 0.3) is 0 Å². The molecule has 3 aliphatic rings. The lowest BCUT2D eigenvalue weighted by atomic mass is 9.68. The Morgan fingerprint density at radius 1 is 1.11 bits per heavy atom. The largest absolute Gasteiger partial charge is 0.455 e. The molecule has 1 spiro atoms. The number of aliphatic hydroxyl groups is 1. The molecule has 2 aliphatic carbocycles. The minimum absolute atomic E-state index is 0.0754. The molecule has 5 rings (SSSR count). The molecule has 5 nitrogen and oxygen atoms in total. The minimum Gasteiger partial charge on any atom is -0.455 e. The Labute approximate surface area is 222 Å². The molecule has 200 valence electrons. The normalized spacial score (nSPS) is 25.8. The molecule has 5 heteroatoms. The summed E-state index contributed by atoms with van der Waals surface area (Å²) in [5, 5.41) is 11.6. The molecule has 0 radical (unpaired) electrons. The number of carbonyl (C=O) groups is 1. The van der Waals surface area contributed by atoms with Crippen molar-refractivity contribution in [2.45, 2.75) is 123 Å². The summed E-state index contributed by atoms with van der Waals surface area (Å²) in [5.41, 5.74) is 6.43. The molecule has 0 saturated heterocycles. The number of pyridine rings is 1. The third kappa shape index (κ3) is 4.32. The monoisotopic (exact) mass is 505 g/mol. The molecular weight excluding hydrogens is 462 g/mol. The summed E-state index contributed by atoms with van der Waals surface area (Å²) in [5.74, 6) is -0.173. The number of nitrogens with zero attached hydrogens (tertiary/aromatic N) is 1. The Kier molecular flexibility index (Phi) is 6.35. The van der Waals surface area contributed by atoms with Crippen molar-refractivity contribution in [1.29, 1.82) is 0 Å². The number of aliphatic hydroxyl groups excluding tert-OH is 1. The second-order valence-electron chi connectivity index (χ2n) is 13.5. The van der Waals surface area contributed by atoms with Crippen LogP contribution in [0, 0.1) is 5.41 Å². The number of benzene rings is 1. The lowest BCUT2D eigenvalue weighted by molar-refractivity contribution is -0.156. The maximum absolute atomic E-state index is 12.2. The van der Waals surface area contributed by atoms with Crippen LogP contribution in [-0.4, -0.2) is 16.1 Å². The molecule has 3 atom stereocenters. The highest BCUT2D eigenvalue weighted by Crippen LogP contribution is 2.61. The van der Waals surface area contributed by atoms with Gasteiger partial charge in [0.15, 0.2) is 0 Å². The van der Waals surface area contributed by atoms with Crippen molar-refractivity contribution < 1.29 is 19.4 Å². The highest BCUT2D eigenvalue weighted by Gasteiger charge is 2.54. The van der Waals surface area contributed by atoms with E-state index in [4.69, 9.17) is 14.5 Å². The molecular formula is C32H43NO4. The van der Waals surface area contributed by atoms with E-state index in [1.165, 1.54) is 12.5 Å². The standard InChI is InChI=1S/C32H43NO4/c1-18(2)26-24-25(23-22(35)17-31(7,8)29(27(23)33-26)36-19(3)34)32(15-9-10-16-32)37-28(24)20-11-13-21(14-12-20)30(4,5)6/h11-14,18,22,28-29,35H,9-10,15-17H2,1-8H3/t22?,28?,29-/m1/s1. The van der Waals surface area contributed by atoms with E-state index in [-0.39, 0.29) is 23.4 Å². The van der Waals surface area contributed by atoms with Crippen LogP contribution in [0.4, 0.5) is 0 Å². The van der Waals surface area contributed by atoms with E-state index in [2.05, 4.69) is 72.7 Å². The quantitative estimate of drug-likeness (QED) is 0.439. The lowest BCUT2D eigenvalue weighted by Gasteiger charge is -2.42. The first kappa shape index (κ1) is 26.4. The maximum Gasteiger partial charge on any atom is 0.303 e. The van der Waals surface area contributed by atoms with Gasteiger partial charge in [0, 0.05) is 29.2 Å². The highest BCUT2D eigenvalue weighted by molar-refractivity contribution is 5.67. The second-order valence-corrected chi connectivity index (χ2v) is 13.5. The fraction of sp³-hybridized carbons (Fsp3) is 0.625. The smallest absolute Gasteiger partial charge is 0.303 e. The number of carbonyl (C=O) groups excluding carboxylic acids is 1. The summed E-state index contributed by atoms with van der Waals surface area (Å²) in [6.07, 6.45) is 3.14. The average molecular weight is 506 g/mol. The van der Waals surface area contributed by atoms with Crippen molar-refractivity contribution in [3.8, 4) is 0 Å². The average Bonchev–Trinajstić information content (AvgIpc) is 3.40. The Morgan fingerprint density at radius 2 is 1.73 bits per heavy atom. The summed E-state index contributed by atoms with van der Waals surface area (Å²) in [7, 11) is 0. The summed E-state index contributed by atoms with van der Waals surface area (Å²) >= 11 is 0. The van der Waals surface area contributed by atoms with Crippen LogP contribution in [0.15, 0.2) is 24.3 Å². The lowest BCUT2D eigenvalue weighted by Crippen LogP contribution is -2.37. The van der Waals surface area contributed by atoms with Gasteiger partial charge in [-0.25, -0.2) is 0 Å². The van der Waals surface area contributed by atoms with Crippen LogP contribution in [0.5, 0.6) is 0 Å². The number of rotatable bonds is 3. The van der Waals surface area contributed by atoms with Crippen molar-refractivity contribution in [3.05, 3.63) is 63.5 Å². The van der Waals surface area contributed by atoms with Crippen LogP contribution in [-0.2, 0) is 25.3 Å². The van der Waals surface area contributed by atoms with Gasteiger partial charge in [-0.2, -0.15) is 0 Å². The topological polar surface area (TPSA) is 68.7 Å². The third-order valence-corrected chi connectivity index (χ3v) is 8.72. The van der Waals surface area contributed by atoms with Gasteiger partial charge in [-0.1, -0.05) is 85.6 Å². The van der Waals surface area contributed by atoms with Crippen LogP contribution in [0.3, 0.4) is 0 Å². The van der Waals surface area contributed by atoms with Crippen molar-refractivity contribution in [2.75, 3.05) is 0 Å². The van der Waals surface area contributed by atoms with E-state index in [1.807, 2.05) is 0 Å². The van der Waals surface area contributed by atoms with Gasteiger partial charge in [-0.05, 0) is 47.3 Å². The number of hydrogen-bond donors (Lipinski definition) is 1. The van der Waals surface area contributed by atoms with Gasteiger partial charge in [0.2, 0.25) is 0 Å². The Balaban J connectivity index is 1.77. The molecule has 1 aromatic carbocycles. The first-order valence-corrected chi connectivity index (χ1v) is 14.0. The van der Waals surface area contributed by atoms with E-state index in [0.29, 0.717) is 6.42 Å². The van der Waals surface area contributed by atoms with Crippen molar-refractivity contribution in [2.24, 2.45) is 5.41 Å². The molecule has 1 aromatic heterocycles. The first-order chi connectivity index (χ1) is 17.2. The molecule has 2 heterocycles. The van der Waals surface area contributed by atoms with Crippen LogP contribution in [0.2, 0.25) is 0 Å². The van der Waals surface area contributed by atoms with Gasteiger partial charge in [0.1, 0.15) is 12.2 Å². The zero-order chi connectivity index (χ0) is 26.9. The molecule has 1 fully saturated rings. The van der Waals surface area contributed by atoms with Crippen molar-refractivity contribution in [1.82, 2.24) is 4.98 Å². The van der Waals surface area contributed by atoms with E-state index >= 15 is 0 Å². The summed E-state index contributed by atoms with van der Waals surface area (Å²) in [4.78, 5) is 17.4. The maximum atomic E-state index is 12.2. The van der Waals surface area contributed by atoms with E-state index in [0.717, 1.165) is 59.3 Å². The molecule has 37 heavy (non-hydrogen) atoms. The molecule has 1 aliphatic heterocycles. The highest BCUT2D eigenvalue weighted by atomic mass is 16.5. The summed E-state index contributed by atoms with van der Waals surface area (Å²) in [6, 6.07) is 8.83. The Bertz CT molecular complexity index is 1200. The number of ether oxygens (including phenoxy) is 2. The van der Waals surface area contributed by atoms with Gasteiger partial charge in [0.05, 0.1) is 17.4 Å². The molecule has 0 amide bonds.